The fourth-order valence-electron chi connectivity index (χ4n) is 2.59. The maximum absolute atomic E-state index is 13.7. The summed E-state index contributed by atoms with van der Waals surface area (Å²) in [5, 5.41) is 0. The molecule has 1 aliphatic rings. The second kappa shape index (κ2) is 6.25. The molecule has 1 saturated heterocycles. The highest BCUT2D eigenvalue weighted by Gasteiger charge is 2.19. The third-order valence-electron chi connectivity index (χ3n) is 3.61. The summed E-state index contributed by atoms with van der Waals surface area (Å²) in [7, 11) is 0. The normalized spacial score (nSPS) is 18.8. The van der Waals surface area contributed by atoms with Gasteiger partial charge in [-0.2, -0.15) is 0 Å². The molecule has 1 fully saturated rings. The van der Waals surface area contributed by atoms with Crippen LogP contribution in [0.5, 0.6) is 0 Å². The highest BCUT2D eigenvalue weighted by molar-refractivity contribution is 5.23. The monoisotopic (exact) mass is 254 g/mol. The van der Waals surface area contributed by atoms with E-state index < -0.39 is 11.6 Å². The number of nitrogens with two attached hydrogens (primary N) is 1. The van der Waals surface area contributed by atoms with Gasteiger partial charge in [0.2, 0.25) is 0 Å². The van der Waals surface area contributed by atoms with Crippen molar-refractivity contribution in [3.8, 4) is 0 Å². The summed E-state index contributed by atoms with van der Waals surface area (Å²) < 4.78 is 26.6. The number of nitrogens with zero attached hydrogens (tertiary/aromatic N) is 1. The number of halogens is 2. The lowest BCUT2D eigenvalue weighted by molar-refractivity contribution is 0.215. The number of hydrogen-bond donors (Lipinski definition) is 1. The quantitative estimate of drug-likeness (QED) is 0.894. The molecule has 18 heavy (non-hydrogen) atoms. The number of piperidine rings is 1. The van der Waals surface area contributed by atoms with Gasteiger partial charge in [-0.05, 0) is 37.6 Å². The molecule has 1 heterocycles. The van der Waals surface area contributed by atoms with E-state index >= 15 is 0 Å². The van der Waals surface area contributed by atoms with Crippen LogP contribution in [0.4, 0.5) is 8.78 Å². The summed E-state index contributed by atoms with van der Waals surface area (Å²) in [6.45, 7) is 3.26. The summed E-state index contributed by atoms with van der Waals surface area (Å²) in [4.78, 5) is 2.32. The topological polar surface area (TPSA) is 29.3 Å². The highest BCUT2D eigenvalue weighted by atomic mass is 19.1. The van der Waals surface area contributed by atoms with Crippen molar-refractivity contribution in [3.05, 3.63) is 35.4 Å². The average molecular weight is 254 g/mol. The Labute approximate surface area is 107 Å². The van der Waals surface area contributed by atoms with Crippen LogP contribution in [-0.2, 0) is 0 Å². The smallest absolute Gasteiger partial charge is 0.129 e. The van der Waals surface area contributed by atoms with Crippen LogP contribution < -0.4 is 5.73 Å². The molecule has 1 aromatic carbocycles. The summed E-state index contributed by atoms with van der Waals surface area (Å²) in [6, 6.07) is 3.76. The minimum atomic E-state index is -0.537. The second-order valence-corrected chi connectivity index (χ2v) is 4.96. The lowest BCUT2D eigenvalue weighted by Crippen LogP contribution is -2.35. The maximum atomic E-state index is 13.7. The van der Waals surface area contributed by atoms with Gasteiger partial charge in [-0.1, -0.05) is 12.5 Å². The van der Waals surface area contributed by atoms with Crippen LogP contribution in [0.25, 0.3) is 0 Å². The molecule has 0 aliphatic carbocycles. The van der Waals surface area contributed by atoms with Crippen LogP contribution in [0.3, 0.4) is 0 Å². The molecule has 0 radical (unpaired) electrons. The number of benzene rings is 1. The summed E-state index contributed by atoms with van der Waals surface area (Å²) >= 11 is 0. The van der Waals surface area contributed by atoms with Gasteiger partial charge in [0, 0.05) is 25.1 Å². The van der Waals surface area contributed by atoms with E-state index in [9.17, 15) is 8.78 Å². The van der Waals surface area contributed by atoms with Crippen LogP contribution >= 0.6 is 0 Å². The van der Waals surface area contributed by atoms with Crippen molar-refractivity contribution < 1.29 is 8.78 Å². The summed E-state index contributed by atoms with van der Waals surface area (Å²) in [5.41, 5.74) is 6.27. The maximum Gasteiger partial charge on any atom is 0.129 e. The van der Waals surface area contributed by atoms with Crippen LogP contribution in [-0.4, -0.2) is 31.1 Å². The predicted octanol–water partition coefficient (Wildman–Crippen LogP) is 2.49. The summed E-state index contributed by atoms with van der Waals surface area (Å²) in [5.74, 6) is -1.07. The Kier molecular flexibility index (Phi) is 4.66. The average Bonchev–Trinajstić information content (AvgIpc) is 2.38. The zero-order valence-corrected chi connectivity index (χ0v) is 10.5. The van der Waals surface area contributed by atoms with E-state index in [-0.39, 0.29) is 5.92 Å². The van der Waals surface area contributed by atoms with Gasteiger partial charge < -0.3 is 10.6 Å². The Morgan fingerprint density at radius 1 is 1.17 bits per heavy atom. The lowest BCUT2D eigenvalue weighted by atomic mass is 9.97. The van der Waals surface area contributed by atoms with Crippen LogP contribution in [0.15, 0.2) is 18.2 Å². The van der Waals surface area contributed by atoms with Crippen molar-refractivity contribution in [1.82, 2.24) is 4.90 Å². The molecule has 0 spiro atoms. The van der Waals surface area contributed by atoms with Crippen molar-refractivity contribution >= 4 is 0 Å². The Balaban J connectivity index is 2.07. The van der Waals surface area contributed by atoms with Gasteiger partial charge >= 0.3 is 0 Å². The van der Waals surface area contributed by atoms with E-state index in [2.05, 4.69) is 4.90 Å². The highest BCUT2D eigenvalue weighted by Crippen LogP contribution is 2.22. The molecule has 1 aromatic rings. The Morgan fingerprint density at radius 3 is 2.50 bits per heavy atom. The molecular weight excluding hydrogens is 234 g/mol. The van der Waals surface area contributed by atoms with Crippen LogP contribution in [0.2, 0.25) is 0 Å². The standard InChI is InChI=1S/C14H20F2N2/c15-12-4-5-13(14(16)8-12)11(9-17)10-18-6-2-1-3-7-18/h4-5,8,11H,1-3,6-7,9-10,17H2. The van der Waals surface area contributed by atoms with Crippen LogP contribution in [0, 0.1) is 11.6 Å². The number of likely N-dealkylation sites (tertiary alicyclic amines) is 1. The molecule has 1 atom stereocenters. The zero-order valence-electron chi connectivity index (χ0n) is 10.5. The Hall–Kier alpha value is -1.00. The molecule has 100 valence electrons. The van der Waals surface area contributed by atoms with Crippen molar-refractivity contribution in [2.24, 2.45) is 5.73 Å². The Bertz CT molecular complexity index is 389. The SMILES string of the molecule is NCC(CN1CCCCC1)c1ccc(F)cc1F. The van der Waals surface area contributed by atoms with Crippen molar-refractivity contribution in [2.75, 3.05) is 26.2 Å². The first-order valence-corrected chi connectivity index (χ1v) is 6.58. The lowest BCUT2D eigenvalue weighted by Gasteiger charge is -2.30. The molecule has 0 aromatic heterocycles. The zero-order chi connectivity index (χ0) is 13.0. The van der Waals surface area contributed by atoms with Gasteiger partial charge in [-0.3, -0.25) is 0 Å². The molecule has 2 nitrogen and oxygen atoms in total. The molecule has 4 heteroatoms. The van der Waals surface area contributed by atoms with Gasteiger partial charge in [-0.25, -0.2) is 8.78 Å². The van der Waals surface area contributed by atoms with Crippen molar-refractivity contribution in [3.63, 3.8) is 0 Å². The van der Waals surface area contributed by atoms with Gasteiger partial charge in [-0.15, -0.1) is 0 Å². The van der Waals surface area contributed by atoms with E-state index in [4.69, 9.17) is 5.73 Å². The largest absolute Gasteiger partial charge is 0.330 e. The van der Waals surface area contributed by atoms with Gasteiger partial charge in [0.25, 0.3) is 0 Å². The molecular formula is C14H20F2N2. The first-order valence-electron chi connectivity index (χ1n) is 6.58. The first kappa shape index (κ1) is 13.4. The van der Waals surface area contributed by atoms with E-state index in [1.165, 1.54) is 31.4 Å². The molecule has 2 rings (SSSR count). The number of hydrogen-bond acceptors (Lipinski definition) is 2. The van der Waals surface area contributed by atoms with Crippen LogP contribution in [0.1, 0.15) is 30.7 Å². The summed E-state index contributed by atoms with van der Waals surface area (Å²) in [6.07, 6.45) is 3.67. The number of rotatable bonds is 4. The molecule has 0 amide bonds. The van der Waals surface area contributed by atoms with E-state index in [1.807, 2.05) is 0 Å². The van der Waals surface area contributed by atoms with Gasteiger partial charge in [0.15, 0.2) is 0 Å². The molecule has 1 aliphatic heterocycles. The minimum Gasteiger partial charge on any atom is -0.330 e. The molecule has 1 unspecified atom stereocenters. The fraction of sp³-hybridized carbons (Fsp3) is 0.571. The van der Waals surface area contributed by atoms with E-state index in [0.29, 0.717) is 12.1 Å². The van der Waals surface area contributed by atoms with Gasteiger partial charge in [0.05, 0.1) is 0 Å². The molecule has 0 saturated carbocycles. The van der Waals surface area contributed by atoms with E-state index in [1.54, 1.807) is 0 Å². The molecule has 0 bridgehead atoms. The van der Waals surface area contributed by atoms with E-state index in [0.717, 1.165) is 25.7 Å². The first-order chi connectivity index (χ1) is 8.70. The second-order valence-electron chi connectivity index (χ2n) is 4.96. The van der Waals surface area contributed by atoms with Gasteiger partial charge in [0.1, 0.15) is 11.6 Å². The minimum absolute atomic E-state index is 0.0521. The molecule has 2 N–H and O–H groups in total. The van der Waals surface area contributed by atoms with Crippen molar-refractivity contribution in [2.45, 2.75) is 25.2 Å². The third-order valence-corrected chi connectivity index (χ3v) is 3.61. The Morgan fingerprint density at radius 2 is 1.89 bits per heavy atom. The van der Waals surface area contributed by atoms with Crippen molar-refractivity contribution in [1.29, 1.82) is 0 Å². The third kappa shape index (κ3) is 3.27. The fourth-order valence-corrected chi connectivity index (χ4v) is 2.59. The predicted molar refractivity (Wildman–Crippen MR) is 68.4 cm³/mol.